The number of rotatable bonds is 3. The maximum absolute atomic E-state index is 5.35. The maximum atomic E-state index is 5.35. The van der Waals surface area contributed by atoms with Gasteiger partial charge in [0, 0.05) is 17.5 Å². The quantitative estimate of drug-likeness (QED) is 0.907. The van der Waals surface area contributed by atoms with E-state index in [2.05, 4.69) is 17.2 Å². The van der Waals surface area contributed by atoms with Crippen molar-refractivity contribution in [1.29, 1.82) is 0 Å². The average Bonchev–Trinajstić information content (AvgIpc) is 2.96. The minimum Gasteiger partial charge on any atom is -0.454 e. The molecule has 88 valence electrons. The van der Waals surface area contributed by atoms with Crippen LogP contribution in [0.5, 0.6) is 11.5 Å². The number of hydrogen-bond acceptors (Lipinski definition) is 5. The number of benzene rings is 1. The van der Waals surface area contributed by atoms with Gasteiger partial charge >= 0.3 is 0 Å². The second-order valence-electron chi connectivity index (χ2n) is 3.64. The zero-order valence-corrected chi connectivity index (χ0v) is 10.2. The number of anilines is 1. The van der Waals surface area contributed by atoms with Gasteiger partial charge in [-0.05, 0) is 25.1 Å². The summed E-state index contributed by atoms with van der Waals surface area (Å²) in [4.78, 5) is 4.51. The van der Waals surface area contributed by atoms with Crippen LogP contribution in [0.3, 0.4) is 0 Å². The van der Waals surface area contributed by atoms with Crippen molar-refractivity contribution in [1.82, 2.24) is 4.98 Å². The van der Waals surface area contributed by atoms with Crippen molar-refractivity contribution >= 4 is 16.5 Å². The summed E-state index contributed by atoms with van der Waals surface area (Å²) in [5.41, 5.74) is 2.01. The van der Waals surface area contributed by atoms with Crippen LogP contribution in [0.4, 0.5) is 5.13 Å². The van der Waals surface area contributed by atoms with E-state index in [1.54, 1.807) is 11.3 Å². The smallest absolute Gasteiger partial charge is 0.231 e. The lowest BCUT2D eigenvalue weighted by atomic mass is 10.1. The first kappa shape index (κ1) is 10.4. The largest absolute Gasteiger partial charge is 0.454 e. The van der Waals surface area contributed by atoms with E-state index in [9.17, 15) is 0 Å². The van der Waals surface area contributed by atoms with E-state index < -0.39 is 0 Å². The Morgan fingerprint density at radius 3 is 3.12 bits per heavy atom. The molecule has 0 amide bonds. The Labute approximate surface area is 103 Å². The summed E-state index contributed by atoms with van der Waals surface area (Å²) in [6, 6.07) is 5.88. The molecule has 0 radical (unpaired) electrons. The highest BCUT2D eigenvalue weighted by Crippen LogP contribution is 2.36. The van der Waals surface area contributed by atoms with Crippen LogP contribution in [0.2, 0.25) is 0 Å². The van der Waals surface area contributed by atoms with Crippen molar-refractivity contribution in [3.05, 3.63) is 23.6 Å². The normalized spacial score (nSPS) is 12.8. The highest BCUT2D eigenvalue weighted by atomic mass is 32.1. The third-order valence-corrected chi connectivity index (χ3v) is 3.30. The molecule has 1 aromatic carbocycles. The minimum atomic E-state index is 0.304. The number of fused-ring (bicyclic) bond motifs is 1. The molecule has 0 fully saturated rings. The van der Waals surface area contributed by atoms with Gasteiger partial charge in [0.2, 0.25) is 6.79 Å². The molecule has 4 nitrogen and oxygen atoms in total. The van der Waals surface area contributed by atoms with E-state index in [4.69, 9.17) is 9.47 Å². The van der Waals surface area contributed by atoms with Crippen molar-refractivity contribution in [3.8, 4) is 22.8 Å². The molecule has 0 saturated heterocycles. The predicted molar refractivity (Wildman–Crippen MR) is 67.8 cm³/mol. The van der Waals surface area contributed by atoms with Gasteiger partial charge in [-0.25, -0.2) is 4.98 Å². The molecule has 0 aliphatic carbocycles. The molecule has 2 heterocycles. The Kier molecular flexibility index (Phi) is 2.60. The molecule has 0 bridgehead atoms. The topological polar surface area (TPSA) is 43.4 Å². The van der Waals surface area contributed by atoms with E-state index in [0.717, 1.165) is 34.4 Å². The van der Waals surface area contributed by atoms with Gasteiger partial charge in [0.25, 0.3) is 0 Å². The van der Waals surface area contributed by atoms with Crippen LogP contribution in [-0.2, 0) is 0 Å². The molecule has 5 heteroatoms. The summed E-state index contributed by atoms with van der Waals surface area (Å²) < 4.78 is 10.6. The molecule has 0 unspecified atom stereocenters. The van der Waals surface area contributed by atoms with E-state index in [1.807, 2.05) is 23.6 Å². The van der Waals surface area contributed by atoms with Gasteiger partial charge in [0.05, 0.1) is 5.69 Å². The van der Waals surface area contributed by atoms with Gasteiger partial charge in [-0.2, -0.15) is 0 Å². The van der Waals surface area contributed by atoms with Gasteiger partial charge in [-0.15, -0.1) is 11.3 Å². The third kappa shape index (κ3) is 1.93. The second-order valence-corrected chi connectivity index (χ2v) is 4.49. The van der Waals surface area contributed by atoms with Crippen LogP contribution >= 0.6 is 11.3 Å². The third-order valence-electron chi connectivity index (χ3n) is 2.50. The summed E-state index contributed by atoms with van der Waals surface area (Å²) >= 11 is 1.61. The standard InChI is InChI=1S/C12H12N2O2S/c1-2-13-12-14-9(6-17-12)8-3-4-10-11(5-8)16-7-15-10/h3-6H,2,7H2,1H3,(H,13,14). The second kappa shape index (κ2) is 4.25. The van der Waals surface area contributed by atoms with Gasteiger partial charge in [0.15, 0.2) is 16.6 Å². The number of aromatic nitrogens is 1. The minimum absolute atomic E-state index is 0.304. The fourth-order valence-electron chi connectivity index (χ4n) is 1.69. The molecule has 0 spiro atoms. The Hall–Kier alpha value is -1.75. The maximum Gasteiger partial charge on any atom is 0.231 e. The molecule has 17 heavy (non-hydrogen) atoms. The van der Waals surface area contributed by atoms with Crippen LogP contribution in [-0.4, -0.2) is 18.3 Å². The van der Waals surface area contributed by atoms with Crippen molar-refractivity contribution in [2.75, 3.05) is 18.7 Å². The average molecular weight is 248 g/mol. The van der Waals surface area contributed by atoms with Crippen LogP contribution in [0, 0.1) is 0 Å². The molecule has 2 aromatic rings. The summed E-state index contributed by atoms with van der Waals surface area (Å²) in [5, 5.41) is 6.18. The zero-order chi connectivity index (χ0) is 11.7. The van der Waals surface area contributed by atoms with E-state index in [0.29, 0.717) is 6.79 Å². The van der Waals surface area contributed by atoms with Crippen LogP contribution < -0.4 is 14.8 Å². The lowest BCUT2D eigenvalue weighted by molar-refractivity contribution is 0.174. The lowest BCUT2D eigenvalue weighted by Gasteiger charge is -1.99. The first-order chi connectivity index (χ1) is 8.36. The SMILES string of the molecule is CCNc1nc(-c2ccc3c(c2)OCO3)cs1. The fraction of sp³-hybridized carbons (Fsp3) is 0.250. The van der Waals surface area contributed by atoms with Crippen molar-refractivity contribution in [2.24, 2.45) is 0 Å². The summed E-state index contributed by atoms with van der Waals surface area (Å²) in [7, 11) is 0. The monoisotopic (exact) mass is 248 g/mol. The molecule has 1 N–H and O–H groups in total. The van der Waals surface area contributed by atoms with Crippen molar-refractivity contribution < 1.29 is 9.47 Å². The van der Waals surface area contributed by atoms with Gasteiger partial charge in [-0.1, -0.05) is 0 Å². The Balaban J connectivity index is 1.92. The first-order valence-electron chi connectivity index (χ1n) is 5.46. The Bertz CT molecular complexity index is 539. The highest BCUT2D eigenvalue weighted by molar-refractivity contribution is 7.14. The number of hydrogen-bond donors (Lipinski definition) is 1. The molecule has 3 rings (SSSR count). The van der Waals surface area contributed by atoms with Gasteiger partial charge < -0.3 is 14.8 Å². The number of nitrogens with zero attached hydrogens (tertiary/aromatic N) is 1. The van der Waals surface area contributed by atoms with Crippen molar-refractivity contribution in [3.63, 3.8) is 0 Å². The fourth-order valence-corrected chi connectivity index (χ4v) is 2.49. The number of ether oxygens (including phenoxy) is 2. The molecule has 1 aromatic heterocycles. The van der Waals surface area contributed by atoms with E-state index >= 15 is 0 Å². The van der Waals surface area contributed by atoms with E-state index in [-0.39, 0.29) is 0 Å². The van der Waals surface area contributed by atoms with Gasteiger partial charge in [0.1, 0.15) is 0 Å². The summed E-state index contributed by atoms with van der Waals surface area (Å²) in [5.74, 6) is 1.59. The molecule has 1 aliphatic heterocycles. The summed E-state index contributed by atoms with van der Waals surface area (Å²) in [6.45, 7) is 3.24. The zero-order valence-electron chi connectivity index (χ0n) is 9.40. The van der Waals surface area contributed by atoms with Crippen LogP contribution in [0.25, 0.3) is 11.3 Å². The van der Waals surface area contributed by atoms with Crippen LogP contribution in [0.15, 0.2) is 23.6 Å². The Morgan fingerprint density at radius 2 is 2.24 bits per heavy atom. The Morgan fingerprint density at radius 1 is 1.35 bits per heavy atom. The number of thiazole rings is 1. The van der Waals surface area contributed by atoms with Crippen molar-refractivity contribution in [2.45, 2.75) is 6.92 Å². The highest BCUT2D eigenvalue weighted by Gasteiger charge is 2.14. The number of nitrogens with one attached hydrogen (secondary N) is 1. The lowest BCUT2D eigenvalue weighted by Crippen LogP contribution is -1.94. The summed E-state index contributed by atoms with van der Waals surface area (Å²) in [6.07, 6.45) is 0. The molecule has 0 saturated carbocycles. The molecular formula is C12H12N2O2S. The molecular weight excluding hydrogens is 236 g/mol. The molecule has 1 aliphatic rings. The first-order valence-corrected chi connectivity index (χ1v) is 6.34. The predicted octanol–water partition coefficient (Wildman–Crippen LogP) is 2.97. The van der Waals surface area contributed by atoms with Gasteiger partial charge in [-0.3, -0.25) is 0 Å². The van der Waals surface area contributed by atoms with Crippen LogP contribution in [0.1, 0.15) is 6.92 Å². The van der Waals surface area contributed by atoms with E-state index in [1.165, 1.54) is 0 Å². The molecule has 0 atom stereocenters.